The molecule has 0 radical (unpaired) electrons. The molecule has 0 fully saturated rings. The van der Waals surface area contributed by atoms with E-state index in [1.165, 1.54) is 12.1 Å². The van der Waals surface area contributed by atoms with E-state index in [0.717, 1.165) is 15.6 Å². The minimum absolute atomic E-state index is 0.184. The summed E-state index contributed by atoms with van der Waals surface area (Å²) in [5.41, 5.74) is 1.72. The van der Waals surface area contributed by atoms with Crippen LogP contribution in [0.5, 0.6) is 5.75 Å². The summed E-state index contributed by atoms with van der Waals surface area (Å²) in [4.78, 5) is 0. The van der Waals surface area contributed by atoms with E-state index in [0.29, 0.717) is 0 Å². The number of aromatic hydroxyl groups is 1. The molecule has 1 nitrogen and oxygen atoms in total. The Kier molecular flexibility index (Phi) is 2.73. The van der Waals surface area contributed by atoms with E-state index in [1.54, 1.807) is 24.3 Å². The number of hydrogen-bond donors (Lipinski definition) is 1. The molecular formula is C12H8BrFO. The van der Waals surface area contributed by atoms with Crippen molar-refractivity contribution < 1.29 is 9.50 Å². The molecule has 1 N–H and O–H groups in total. The summed E-state index contributed by atoms with van der Waals surface area (Å²) in [6.45, 7) is 0. The van der Waals surface area contributed by atoms with Gasteiger partial charge in [-0.15, -0.1) is 0 Å². The fourth-order valence-electron chi connectivity index (χ4n) is 1.38. The van der Waals surface area contributed by atoms with Gasteiger partial charge in [0.2, 0.25) is 0 Å². The van der Waals surface area contributed by atoms with Crippen LogP contribution in [0.15, 0.2) is 46.9 Å². The average molecular weight is 267 g/mol. The van der Waals surface area contributed by atoms with Gasteiger partial charge in [-0.25, -0.2) is 4.39 Å². The van der Waals surface area contributed by atoms with E-state index >= 15 is 0 Å². The second-order valence-electron chi connectivity index (χ2n) is 3.20. The predicted molar refractivity (Wildman–Crippen MR) is 61.2 cm³/mol. The molecule has 3 heteroatoms. The zero-order valence-electron chi connectivity index (χ0n) is 7.74. The fourth-order valence-corrected chi connectivity index (χ4v) is 1.86. The van der Waals surface area contributed by atoms with E-state index in [2.05, 4.69) is 15.9 Å². The number of phenolic OH excluding ortho intramolecular Hbond substituents is 1. The molecular weight excluding hydrogens is 259 g/mol. The van der Waals surface area contributed by atoms with Gasteiger partial charge in [-0.05, 0) is 41.5 Å². The third kappa shape index (κ3) is 2.36. The Morgan fingerprint density at radius 3 is 2.20 bits per heavy atom. The van der Waals surface area contributed by atoms with Gasteiger partial charge >= 0.3 is 0 Å². The van der Waals surface area contributed by atoms with Crippen LogP contribution in [0, 0.1) is 5.82 Å². The molecule has 0 aliphatic carbocycles. The summed E-state index contributed by atoms with van der Waals surface area (Å²) in [6, 6.07) is 11.3. The second-order valence-corrected chi connectivity index (χ2v) is 4.12. The van der Waals surface area contributed by atoms with Gasteiger partial charge in [-0.1, -0.05) is 28.1 Å². The quantitative estimate of drug-likeness (QED) is 0.829. The van der Waals surface area contributed by atoms with Crippen molar-refractivity contribution >= 4 is 15.9 Å². The highest BCUT2D eigenvalue weighted by molar-refractivity contribution is 9.10. The van der Waals surface area contributed by atoms with Gasteiger partial charge in [0.1, 0.15) is 11.6 Å². The summed E-state index contributed by atoms with van der Waals surface area (Å²) in [6.07, 6.45) is 0. The number of phenols is 1. The number of rotatable bonds is 1. The fraction of sp³-hybridized carbons (Fsp3) is 0. The van der Waals surface area contributed by atoms with E-state index in [-0.39, 0.29) is 11.6 Å². The molecule has 0 aromatic heterocycles. The highest BCUT2D eigenvalue weighted by Crippen LogP contribution is 2.27. The lowest BCUT2D eigenvalue weighted by Gasteiger charge is -2.03. The van der Waals surface area contributed by atoms with Gasteiger partial charge in [-0.2, -0.15) is 0 Å². The maximum absolute atomic E-state index is 12.7. The second kappa shape index (κ2) is 4.03. The smallest absolute Gasteiger partial charge is 0.123 e. The van der Waals surface area contributed by atoms with Gasteiger partial charge in [0.15, 0.2) is 0 Å². The Bertz CT molecular complexity index is 459. The van der Waals surface area contributed by atoms with Crippen LogP contribution >= 0.6 is 15.9 Å². The summed E-state index contributed by atoms with van der Waals surface area (Å²) < 4.78 is 13.5. The summed E-state index contributed by atoms with van der Waals surface area (Å²) in [7, 11) is 0. The lowest BCUT2D eigenvalue weighted by atomic mass is 10.1. The zero-order valence-corrected chi connectivity index (χ0v) is 9.33. The SMILES string of the molecule is Oc1cc(Br)cc(-c2ccc(F)cc2)c1. The minimum Gasteiger partial charge on any atom is -0.508 e. The first-order valence-electron chi connectivity index (χ1n) is 4.40. The van der Waals surface area contributed by atoms with Gasteiger partial charge in [0, 0.05) is 4.47 Å². The number of halogens is 2. The van der Waals surface area contributed by atoms with Crippen LogP contribution in [0.4, 0.5) is 4.39 Å². The Labute approximate surface area is 95.3 Å². The van der Waals surface area contributed by atoms with Crippen molar-refractivity contribution in [1.82, 2.24) is 0 Å². The Morgan fingerprint density at radius 1 is 0.933 bits per heavy atom. The molecule has 0 saturated heterocycles. The van der Waals surface area contributed by atoms with Gasteiger partial charge in [0.25, 0.3) is 0 Å². The maximum atomic E-state index is 12.7. The third-order valence-corrected chi connectivity index (χ3v) is 2.52. The average Bonchev–Trinajstić information content (AvgIpc) is 2.17. The maximum Gasteiger partial charge on any atom is 0.123 e. The number of benzene rings is 2. The molecule has 0 bridgehead atoms. The molecule has 0 heterocycles. The van der Waals surface area contributed by atoms with Gasteiger partial charge < -0.3 is 5.11 Å². The van der Waals surface area contributed by atoms with Crippen molar-refractivity contribution in [2.24, 2.45) is 0 Å². The first-order valence-corrected chi connectivity index (χ1v) is 5.20. The van der Waals surface area contributed by atoms with E-state index in [4.69, 9.17) is 0 Å². The van der Waals surface area contributed by atoms with Crippen LogP contribution in [0.25, 0.3) is 11.1 Å². The lowest BCUT2D eigenvalue weighted by molar-refractivity contribution is 0.475. The molecule has 76 valence electrons. The van der Waals surface area contributed by atoms with Crippen LogP contribution in [0.1, 0.15) is 0 Å². The van der Waals surface area contributed by atoms with Crippen molar-refractivity contribution in [1.29, 1.82) is 0 Å². The highest BCUT2D eigenvalue weighted by Gasteiger charge is 2.01. The van der Waals surface area contributed by atoms with E-state index in [1.807, 2.05) is 6.07 Å². The monoisotopic (exact) mass is 266 g/mol. The molecule has 0 unspecified atom stereocenters. The van der Waals surface area contributed by atoms with Crippen LogP contribution in [0.2, 0.25) is 0 Å². The molecule has 0 saturated carbocycles. The molecule has 2 aromatic carbocycles. The number of hydrogen-bond acceptors (Lipinski definition) is 1. The van der Waals surface area contributed by atoms with Crippen molar-refractivity contribution in [3.8, 4) is 16.9 Å². The van der Waals surface area contributed by atoms with E-state index < -0.39 is 0 Å². The van der Waals surface area contributed by atoms with Crippen molar-refractivity contribution in [3.05, 3.63) is 52.8 Å². The first kappa shape index (κ1) is 10.2. The lowest BCUT2D eigenvalue weighted by Crippen LogP contribution is -1.79. The molecule has 15 heavy (non-hydrogen) atoms. The summed E-state index contributed by atoms with van der Waals surface area (Å²) in [5.74, 6) is -0.0818. The Hall–Kier alpha value is -1.35. The van der Waals surface area contributed by atoms with Crippen LogP contribution in [0.3, 0.4) is 0 Å². The molecule has 0 aliphatic rings. The molecule has 0 spiro atoms. The third-order valence-electron chi connectivity index (χ3n) is 2.06. The van der Waals surface area contributed by atoms with Crippen molar-refractivity contribution in [3.63, 3.8) is 0 Å². The topological polar surface area (TPSA) is 20.2 Å². The minimum atomic E-state index is -0.266. The Balaban J connectivity index is 2.49. The van der Waals surface area contributed by atoms with Crippen LogP contribution in [-0.4, -0.2) is 5.11 Å². The van der Waals surface area contributed by atoms with Crippen molar-refractivity contribution in [2.45, 2.75) is 0 Å². The zero-order chi connectivity index (χ0) is 10.8. The predicted octanol–water partition coefficient (Wildman–Crippen LogP) is 3.96. The molecule has 0 aliphatic heterocycles. The molecule has 0 atom stereocenters. The van der Waals surface area contributed by atoms with Gasteiger partial charge in [-0.3, -0.25) is 0 Å². The molecule has 2 aromatic rings. The molecule has 2 rings (SSSR count). The largest absolute Gasteiger partial charge is 0.508 e. The van der Waals surface area contributed by atoms with Crippen LogP contribution in [-0.2, 0) is 0 Å². The summed E-state index contributed by atoms with van der Waals surface area (Å²) >= 11 is 3.29. The highest BCUT2D eigenvalue weighted by atomic mass is 79.9. The van der Waals surface area contributed by atoms with E-state index in [9.17, 15) is 9.50 Å². The molecule has 0 amide bonds. The first-order chi connectivity index (χ1) is 7.15. The summed E-state index contributed by atoms with van der Waals surface area (Å²) in [5, 5.41) is 9.41. The standard InChI is InChI=1S/C12H8BrFO/c13-10-5-9(6-12(15)7-10)8-1-3-11(14)4-2-8/h1-7,15H. The Morgan fingerprint density at radius 2 is 1.60 bits per heavy atom. The van der Waals surface area contributed by atoms with Gasteiger partial charge in [0.05, 0.1) is 0 Å². The van der Waals surface area contributed by atoms with Crippen molar-refractivity contribution in [2.75, 3.05) is 0 Å². The normalized spacial score (nSPS) is 10.3. The van der Waals surface area contributed by atoms with Crippen LogP contribution < -0.4 is 0 Å².